The maximum Gasteiger partial charge on any atom is 0.145 e. The Hall–Kier alpha value is -6.65. The molecule has 0 saturated carbocycles. The first-order chi connectivity index (χ1) is 24.3. The van der Waals surface area contributed by atoms with Crippen LogP contribution in [-0.2, 0) is 0 Å². The third-order valence-corrected chi connectivity index (χ3v) is 9.05. The molecule has 0 fully saturated rings. The molecule has 0 amide bonds. The van der Waals surface area contributed by atoms with Gasteiger partial charge in [-0.25, -0.2) is 15.0 Å². The van der Waals surface area contributed by atoms with Gasteiger partial charge in [-0.05, 0) is 58.7 Å². The Kier molecular flexibility index (Phi) is 7.10. The fraction of sp³-hybridized carbons (Fsp3) is 0. The van der Waals surface area contributed by atoms with Crippen LogP contribution in [0.5, 0.6) is 0 Å². The summed E-state index contributed by atoms with van der Waals surface area (Å²) in [5, 5.41) is 0. The molecule has 2 heterocycles. The number of imidazole rings is 1. The van der Waals surface area contributed by atoms with E-state index in [0.29, 0.717) is 0 Å². The smallest absolute Gasteiger partial charge is 0.145 e. The number of nitrogens with zero attached hydrogens (tertiary/aromatic N) is 4. The summed E-state index contributed by atoms with van der Waals surface area (Å²) in [4.78, 5) is 15.4. The predicted octanol–water partition coefficient (Wildman–Crippen LogP) is 11.3. The fourth-order valence-electron chi connectivity index (χ4n) is 6.64. The van der Waals surface area contributed by atoms with Crippen molar-refractivity contribution >= 4 is 22.1 Å². The lowest BCUT2D eigenvalue weighted by molar-refractivity contribution is 1.10. The van der Waals surface area contributed by atoms with E-state index in [1.165, 1.54) is 0 Å². The van der Waals surface area contributed by atoms with Gasteiger partial charge in [0.2, 0.25) is 0 Å². The molecule has 0 aliphatic carbocycles. The molecule has 0 aliphatic heterocycles. The van der Waals surface area contributed by atoms with Crippen LogP contribution in [0.3, 0.4) is 0 Å². The fourth-order valence-corrected chi connectivity index (χ4v) is 6.64. The lowest BCUT2D eigenvalue weighted by atomic mass is 9.94. The minimum atomic E-state index is 0.865. The van der Waals surface area contributed by atoms with Crippen LogP contribution in [0.15, 0.2) is 182 Å². The molecule has 4 heteroatoms. The molecular weight excluding hydrogens is 597 g/mol. The summed E-state index contributed by atoms with van der Waals surface area (Å²) in [7, 11) is 0. The zero-order valence-corrected chi connectivity index (χ0v) is 26.6. The van der Waals surface area contributed by atoms with Crippen molar-refractivity contribution in [3.8, 4) is 61.8 Å². The summed E-state index contributed by atoms with van der Waals surface area (Å²) in [6, 6.07) is 63.1. The molecule has 0 bridgehead atoms. The largest absolute Gasteiger partial charge is 0.292 e. The third-order valence-electron chi connectivity index (χ3n) is 9.05. The average molecular weight is 627 g/mol. The molecule has 0 atom stereocenters. The van der Waals surface area contributed by atoms with Crippen molar-refractivity contribution in [1.29, 1.82) is 0 Å². The minimum Gasteiger partial charge on any atom is -0.292 e. The first-order valence-corrected chi connectivity index (χ1v) is 16.5. The molecule has 230 valence electrons. The highest BCUT2D eigenvalue weighted by molar-refractivity contribution is 5.92. The van der Waals surface area contributed by atoms with Gasteiger partial charge in [0.05, 0.1) is 33.5 Å². The van der Waals surface area contributed by atoms with Gasteiger partial charge < -0.3 is 0 Å². The molecule has 2 aromatic heterocycles. The van der Waals surface area contributed by atoms with Gasteiger partial charge >= 0.3 is 0 Å². The summed E-state index contributed by atoms with van der Waals surface area (Å²) in [6.07, 6.45) is 0. The van der Waals surface area contributed by atoms with Gasteiger partial charge in [0.1, 0.15) is 5.82 Å². The summed E-state index contributed by atoms with van der Waals surface area (Å²) in [6.45, 7) is 0. The topological polar surface area (TPSA) is 43.6 Å². The van der Waals surface area contributed by atoms with Gasteiger partial charge in [-0.2, -0.15) is 0 Å². The zero-order valence-electron chi connectivity index (χ0n) is 26.6. The second-order valence-electron chi connectivity index (χ2n) is 12.1. The molecule has 4 nitrogen and oxygen atoms in total. The average Bonchev–Trinajstić information content (AvgIpc) is 3.58. The van der Waals surface area contributed by atoms with E-state index in [4.69, 9.17) is 15.0 Å². The number of hydrogen-bond donors (Lipinski definition) is 0. The molecule has 7 aromatic carbocycles. The Morgan fingerprint density at radius 1 is 0.306 bits per heavy atom. The van der Waals surface area contributed by atoms with Crippen LogP contribution in [0.25, 0.3) is 83.9 Å². The molecule has 49 heavy (non-hydrogen) atoms. The monoisotopic (exact) mass is 626 g/mol. The van der Waals surface area contributed by atoms with Gasteiger partial charge in [0.15, 0.2) is 0 Å². The van der Waals surface area contributed by atoms with Crippen LogP contribution < -0.4 is 0 Å². The maximum absolute atomic E-state index is 5.20. The zero-order chi connectivity index (χ0) is 32.6. The molecule has 0 N–H and O–H groups in total. The Bertz CT molecular complexity index is 2570. The summed E-state index contributed by atoms with van der Waals surface area (Å²) < 4.78 is 2.23. The minimum absolute atomic E-state index is 0.865. The summed E-state index contributed by atoms with van der Waals surface area (Å²) in [5.74, 6) is 0.924. The number of benzene rings is 7. The van der Waals surface area contributed by atoms with Gasteiger partial charge in [0.25, 0.3) is 0 Å². The van der Waals surface area contributed by atoms with E-state index in [1.807, 2.05) is 42.5 Å². The second-order valence-corrected chi connectivity index (χ2v) is 12.1. The van der Waals surface area contributed by atoms with Gasteiger partial charge in [-0.1, -0.05) is 146 Å². The Morgan fingerprint density at radius 3 is 1.47 bits per heavy atom. The van der Waals surface area contributed by atoms with E-state index in [0.717, 1.165) is 83.9 Å². The lowest BCUT2D eigenvalue weighted by Gasteiger charge is -2.15. The summed E-state index contributed by atoms with van der Waals surface area (Å²) in [5.41, 5.74) is 14.3. The number of fused-ring (bicyclic) bond motifs is 2. The van der Waals surface area contributed by atoms with E-state index >= 15 is 0 Å². The molecule has 0 saturated heterocycles. The number of aromatic nitrogens is 4. The van der Waals surface area contributed by atoms with Crippen molar-refractivity contribution in [3.05, 3.63) is 182 Å². The molecule has 0 unspecified atom stereocenters. The normalized spacial score (nSPS) is 11.3. The standard InChI is InChI=1S/C45H30N4/c1-3-13-33(14-4-1)37-17-7-8-18-38(37)44-43(46-39-19-9-10-20-40(39)47-44)34-27-23-31(24-28-34)32-25-29-35(30-26-32)45-48-41-21-11-12-22-42(41)49(45)36-15-5-2-6-16-36/h1-30H. The van der Waals surface area contributed by atoms with Crippen molar-refractivity contribution in [2.24, 2.45) is 0 Å². The van der Waals surface area contributed by atoms with Gasteiger partial charge in [-0.15, -0.1) is 0 Å². The second kappa shape index (κ2) is 12.2. The van der Waals surface area contributed by atoms with Gasteiger partial charge in [-0.3, -0.25) is 4.57 Å². The van der Waals surface area contributed by atoms with E-state index in [2.05, 4.69) is 144 Å². The molecular formula is C45H30N4. The highest BCUT2D eigenvalue weighted by atomic mass is 15.1. The van der Waals surface area contributed by atoms with Crippen molar-refractivity contribution in [1.82, 2.24) is 19.5 Å². The highest BCUT2D eigenvalue weighted by Crippen LogP contribution is 2.38. The SMILES string of the molecule is c1ccc(-c2ccccc2-c2nc3ccccc3nc2-c2ccc(-c3ccc(-c4nc5ccccc5n4-c4ccccc4)cc3)cc2)cc1. The maximum atomic E-state index is 5.20. The molecule has 0 radical (unpaired) electrons. The highest BCUT2D eigenvalue weighted by Gasteiger charge is 2.18. The van der Waals surface area contributed by atoms with E-state index in [1.54, 1.807) is 0 Å². The Morgan fingerprint density at radius 2 is 0.796 bits per heavy atom. The van der Waals surface area contributed by atoms with Crippen molar-refractivity contribution in [2.45, 2.75) is 0 Å². The first-order valence-electron chi connectivity index (χ1n) is 16.5. The molecule has 0 spiro atoms. The quantitative estimate of drug-likeness (QED) is 0.184. The van der Waals surface area contributed by atoms with E-state index < -0.39 is 0 Å². The van der Waals surface area contributed by atoms with Crippen LogP contribution in [0.1, 0.15) is 0 Å². The Balaban J connectivity index is 1.10. The predicted molar refractivity (Wildman–Crippen MR) is 201 cm³/mol. The molecule has 0 aliphatic rings. The third kappa shape index (κ3) is 5.26. The van der Waals surface area contributed by atoms with Crippen LogP contribution in [0.4, 0.5) is 0 Å². The van der Waals surface area contributed by atoms with Crippen LogP contribution in [0, 0.1) is 0 Å². The van der Waals surface area contributed by atoms with Crippen LogP contribution in [0.2, 0.25) is 0 Å². The van der Waals surface area contributed by atoms with Crippen molar-refractivity contribution < 1.29 is 0 Å². The van der Waals surface area contributed by atoms with Crippen molar-refractivity contribution in [2.75, 3.05) is 0 Å². The van der Waals surface area contributed by atoms with E-state index in [9.17, 15) is 0 Å². The molecule has 9 rings (SSSR count). The van der Waals surface area contributed by atoms with Gasteiger partial charge in [0, 0.05) is 22.4 Å². The lowest BCUT2D eigenvalue weighted by Crippen LogP contribution is -1.97. The number of hydrogen-bond acceptors (Lipinski definition) is 3. The first kappa shape index (κ1) is 28.6. The molecule has 9 aromatic rings. The van der Waals surface area contributed by atoms with E-state index in [-0.39, 0.29) is 0 Å². The van der Waals surface area contributed by atoms with Crippen molar-refractivity contribution in [3.63, 3.8) is 0 Å². The Labute approximate surface area is 284 Å². The number of rotatable bonds is 6. The number of para-hydroxylation sites is 5. The summed E-state index contributed by atoms with van der Waals surface area (Å²) >= 11 is 0. The van der Waals surface area contributed by atoms with Crippen LogP contribution in [-0.4, -0.2) is 19.5 Å². The van der Waals surface area contributed by atoms with Crippen LogP contribution >= 0.6 is 0 Å².